The third kappa shape index (κ3) is 4.66. The number of rotatable bonds is 6. The van der Waals surface area contributed by atoms with Gasteiger partial charge >= 0.3 is 0 Å². The first-order valence-corrected chi connectivity index (χ1v) is 10.1. The summed E-state index contributed by atoms with van der Waals surface area (Å²) >= 11 is 0. The molecule has 0 aliphatic carbocycles. The van der Waals surface area contributed by atoms with Gasteiger partial charge in [-0.05, 0) is 31.5 Å². The molecule has 5 heteroatoms. The van der Waals surface area contributed by atoms with Crippen LogP contribution in [0.15, 0.2) is 54.6 Å². The third-order valence-corrected chi connectivity index (χ3v) is 5.45. The van der Waals surface area contributed by atoms with Crippen LogP contribution in [0.1, 0.15) is 17.0 Å². The minimum absolute atomic E-state index is 0.824. The normalized spacial score (nSPS) is 15.8. The van der Waals surface area contributed by atoms with E-state index in [-0.39, 0.29) is 0 Å². The first-order chi connectivity index (χ1) is 13.7. The van der Waals surface area contributed by atoms with E-state index < -0.39 is 0 Å². The van der Waals surface area contributed by atoms with Crippen LogP contribution in [0.5, 0.6) is 0 Å². The zero-order chi connectivity index (χ0) is 19.3. The fraction of sp³-hybridized carbons (Fsp3) is 0.391. The summed E-state index contributed by atoms with van der Waals surface area (Å²) in [5.74, 6) is 1.78. The summed E-state index contributed by atoms with van der Waals surface area (Å²) in [6.07, 6.45) is 0.956. The molecule has 146 valence electrons. The van der Waals surface area contributed by atoms with E-state index in [0.29, 0.717) is 0 Å². The predicted molar refractivity (Wildman–Crippen MR) is 113 cm³/mol. The van der Waals surface area contributed by atoms with Gasteiger partial charge in [0.2, 0.25) is 0 Å². The van der Waals surface area contributed by atoms with E-state index in [4.69, 9.17) is 0 Å². The van der Waals surface area contributed by atoms with Gasteiger partial charge in [-0.15, -0.1) is 0 Å². The molecule has 0 N–H and O–H groups in total. The average molecular weight is 376 g/mol. The highest BCUT2D eigenvalue weighted by atomic mass is 15.3. The molecule has 28 heavy (non-hydrogen) atoms. The Morgan fingerprint density at radius 1 is 0.857 bits per heavy atom. The van der Waals surface area contributed by atoms with Gasteiger partial charge in [0, 0.05) is 44.8 Å². The number of aryl methyl sites for hydroxylation is 3. The lowest BCUT2D eigenvalue weighted by Crippen LogP contribution is -2.43. The minimum Gasteiger partial charge on any atom is -0.304 e. The van der Waals surface area contributed by atoms with Gasteiger partial charge in [-0.25, -0.2) is 9.67 Å². The maximum absolute atomic E-state index is 4.68. The number of likely N-dealkylation sites (N-methyl/N-ethyl adjacent to an activating group) is 1. The number of nitrogens with zero attached hydrogens (tertiary/aromatic N) is 5. The van der Waals surface area contributed by atoms with Crippen molar-refractivity contribution in [2.45, 2.75) is 26.4 Å². The molecule has 1 aromatic heterocycles. The van der Waals surface area contributed by atoms with E-state index in [1.54, 1.807) is 0 Å². The fourth-order valence-electron chi connectivity index (χ4n) is 3.73. The van der Waals surface area contributed by atoms with Crippen LogP contribution in [0.25, 0.3) is 11.4 Å². The molecule has 0 unspecified atom stereocenters. The van der Waals surface area contributed by atoms with Gasteiger partial charge in [-0.3, -0.25) is 4.90 Å². The second-order valence-corrected chi connectivity index (χ2v) is 7.72. The van der Waals surface area contributed by atoms with Gasteiger partial charge in [0.05, 0.1) is 0 Å². The van der Waals surface area contributed by atoms with Gasteiger partial charge in [0.25, 0.3) is 0 Å². The summed E-state index contributed by atoms with van der Waals surface area (Å²) in [6, 6.07) is 19.4. The molecule has 0 atom stereocenters. The molecule has 2 heterocycles. The SMILES string of the molecule is Cc1nc(-c2ccc(CN3CCN(C)CC3)cc2)n(CCc2ccccc2)n1. The van der Waals surface area contributed by atoms with Gasteiger partial charge < -0.3 is 4.90 Å². The van der Waals surface area contributed by atoms with Crippen LogP contribution in [-0.4, -0.2) is 57.8 Å². The number of piperazine rings is 1. The molecular formula is C23H29N5. The number of aromatic nitrogens is 3. The maximum Gasteiger partial charge on any atom is 0.158 e. The molecular weight excluding hydrogens is 346 g/mol. The van der Waals surface area contributed by atoms with Gasteiger partial charge in [0.15, 0.2) is 5.82 Å². The Bertz CT molecular complexity index is 877. The molecule has 5 nitrogen and oxygen atoms in total. The van der Waals surface area contributed by atoms with Crippen LogP contribution in [0.4, 0.5) is 0 Å². The van der Waals surface area contributed by atoms with Crippen molar-refractivity contribution < 1.29 is 0 Å². The Morgan fingerprint density at radius 2 is 1.57 bits per heavy atom. The molecule has 0 saturated carbocycles. The molecule has 1 aliphatic rings. The first-order valence-electron chi connectivity index (χ1n) is 10.1. The van der Waals surface area contributed by atoms with Crippen LogP contribution in [0.2, 0.25) is 0 Å². The van der Waals surface area contributed by atoms with Crippen molar-refractivity contribution in [2.24, 2.45) is 0 Å². The molecule has 0 radical (unpaired) electrons. The molecule has 4 rings (SSSR count). The van der Waals surface area contributed by atoms with Gasteiger partial charge in [-0.2, -0.15) is 5.10 Å². The second-order valence-electron chi connectivity index (χ2n) is 7.72. The van der Waals surface area contributed by atoms with Crippen molar-refractivity contribution in [3.05, 3.63) is 71.5 Å². The third-order valence-electron chi connectivity index (χ3n) is 5.45. The lowest BCUT2D eigenvalue weighted by molar-refractivity contribution is 0.148. The lowest BCUT2D eigenvalue weighted by atomic mass is 10.1. The van der Waals surface area contributed by atoms with Gasteiger partial charge in [-0.1, -0.05) is 54.6 Å². The Hall–Kier alpha value is -2.50. The zero-order valence-corrected chi connectivity index (χ0v) is 16.9. The molecule has 3 aromatic rings. The Labute approximate surface area is 167 Å². The van der Waals surface area contributed by atoms with Gasteiger partial charge in [0.1, 0.15) is 5.82 Å². The Kier molecular flexibility index (Phi) is 5.84. The van der Waals surface area contributed by atoms with Crippen molar-refractivity contribution in [3.8, 4) is 11.4 Å². The topological polar surface area (TPSA) is 37.2 Å². The molecule has 0 spiro atoms. The summed E-state index contributed by atoms with van der Waals surface area (Å²) in [7, 11) is 2.20. The number of hydrogen-bond acceptors (Lipinski definition) is 4. The summed E-state index contributed by atoms with van der Waals surface area (Å²) in [5, 5.41) is 4.62. The average Bonchev–Trinajstić information content (AvgIpc) is 3.10. The van der Waals surface area contributed by atoms with Crippen molar-refractivity contribution in [2.75, 3.05) is 33.2 Å². The zero-order valence-electron chi connectivity index (χ0n) is 16.9. The van der Waals surface area contributed by atoms with Crippen LogP contribution in [0, 0.1) is 6.92 Å². The number of benzene rings is 2. The summed E-state index contributed by atoms with van der Waals surface area (Å²) < 4.78 is 2.04. The summed E-state index contributed by atoms with van der Waals surface area (Å²) in [6.45, 7) is 8.42. The first kappa shape index (κ1) is 18.8. The predicted octanol–water partition coefficient (Wildman–Crippen LogP) is 3.24. The number of hydrogen-bond donors (Lipinski definition) is 0. The van der Waals surface area contributed by atoms with Crippen LogP contribution < -0.4 is 0 Å². The highest BCUT2D eigenvalue weighted by molar-refractivity contribution is 5.55. The highest BCUT2D eigenvalue weighted by Crippen LogP contribution is 2.20. The van der Waals surface area contributed by atoms with Crippen LogP contribution >= 0.6 is 0 Å². The quantitative estimate of drug-likeness (QED) is 0.663. The van der Waals surface area contributed by atoms with Crippen molar-refractivity contribution in [1.82, 2.24) is 24.6 Å². The standard InChI is InChI=1S/C23H29N5/c1-19-24-23(28(25-19)13-12-20-6-4-3-5-7-20)22-10-8-21(9-11-22)18-27-16-14-26(2)15-17-27/h3-11H,12-18H2,1-2H3. The largest absolute Gasteiger partial charge is 0.304 e. The summed E-state index contributed by atoms with van der Waals surface area (Å²) in [4.78, 5) is 9.61. The smallest absolute Gasteiger partial charge is 0.158 e. The molecule has 1 saturated heterocycles. The molecule has 0 bridgehead atoms. The summed E-state index contributed by atoms with van der Waals surface area (Å²) in [5.41, 5.74) is 3.82. The maximum atomic E-state index is 4.68. The monoisotopic (exact) mass is 375 g/mol. The minimum atomic E-state index is 0.824. The fourth-order valence-corrected chi connectivity index (χ4v) is 3.73. The molecule has 2 aromatic carbocycles. The molecule has 0 amide bonds. The van der Waals surface area contributed by atoms with E-state index in [2.05, 4.69) is 81.5 Å². The highest BCUT2D eigenvalue weighted by Gasteiger charge is 2.14. The van der Waals surface area contributed by atoms with Crippen molar-refractivity contribution >= 4 is 0 Å². The van der Waals surface area contributed by atoms with Crippen molar-refractivity contribution in [1.29, 1.82) is 0 Å². The van der Waals surface area contributed by atoms with Crippen LogP contribution in [-0.2, 0) is 19.5 Å². The van der Waals surface area contributed by atoms with Crippen molar-refractivity contribution in [3.63, 3.8) is 0 Å². The van der Waals surface area contributed by atoms with E-state index in [0.717, 1.165) is 62.9 Å². The van der Waals surface area contributed by atoms with E-state index in [1.165, 1.54) is 11.1 Å². The molecule has 1 aliphatic heterocycles. The van der Waals surface area contributed by atoms with Crippen LogP contribution in [0.3, 0.4) is 0 Å². The Morgan fingerprint density at radius 3 is 2.29 bits per heavy atom. The van der Waals surface area contributed by atoms with E-state index in [9.17, 15) is 0 Å². The van der Waals surface area contributed by atoms with E-state index in [1.807, 2.05) is 11.6 Å². The second kappa shape index (κ2) is 8.67. The Balaban J connectivity index is 1.44. The van der Waals surface area contributed by atoms with E-state index >= 15 is 0 Å². The molecule has 1 fully saturated rings. The lowest BCUT2D eigenvalue weighted by Gasteiger charge is -2.32.